The molecule has 5 heteroatoms. The minimum atomic E-state index is -0.816. The van der Waals surface area contributed by atoms with E-state index >= 15 is 0 Å². The molecule has 2 heterocycles. The summed E-state index contributed by atoms with van der Waals surface area (Å²) in [5.41, 5.74) is 2.66. The summed E-state index contributed by atoms with van der Waals surface area (Å²) in [7, 11) is -0.816. The topological polar surface area (TPSA) is 34.2 Å². The van der Waals surface area contributed by atoms with Crippen molar-refractivity contribution in [1.82, 2.24) is 4.98 Å². The normalized spacial score (nSPS) is 21.2. The molecule has 1 N–H and O–H groups in total. The van der Waals surface area contributed by atoms with Gasteiger partial charge in [0.2, 0.25) is 8.38 Å². The van der Waals surface area contributed by atoms with Crippen LogP contribution in [-0.2, 0) is 9.05 Å². The lowest BCUT2D eigenvalue weighted by Gasteiger charge is -2.25. The van der Waals surface area contributed by atoms with Crippen LogP contribution in [0.15, 0.2) is 22.8 Å². The molecule has 2 fully saturated rings. The maximum absolute atomic E-state index is 5.44. The number of H-pyrrole nitrogens is 1. The first-order valence-corrected chi connectivity index (χ1v) is 9.17. The molecule has 1 aliphatic heterocycles. The Hall–Kier alpha value is -0.410. The van der Waals surface area contributed by atoms with Crippen LogP contribution < -0.4 is 5.30 Å². The second-order valence-corrected chi connectivity index (χ2v) is 7.89. The molecular weight excluding hydrogens is 337 g/mol. The highest BCUT2D eigenvalue weighted by molar-refractivity contribution is 9.10. The van der Waals surface area contributed by atoms with Gasteiger partial charge in [0.25, 0.3) is 0 Å². The van der Waals surface area contributed by atoms with Gasteiger partial charge in [-0.25, -0.2) is 0 Å². The Bertz CT molecular complexity index is 632. The number of hydrogen-bond donors (Lipinski definition) is 1. The number of hydrogen-bond acceptors (Lipinski definition) is 2. The van der Waals surface area contributed by atoms with Crippen LogP contribution in [-0.4, -0.2) is 11.8 Å². The highest BCUT2D eigenvalue weighted by Crippen LogP contribution is 2.46. The molecule has 1 aromatic carbocycles. The summed E-state index contributed by atoms with van der Waals surface area (Å²) >= 11 is 3.73. The lowest BCUT2D eigenvalue weighted by Crippen LogP contribution is -2.15. The molecular formula is C15H17BrNO2P. The predicted octanol–water partition coefficient (Wildman–Crippen LogP) is 4.92. The highest BCUT2D eigenvalue weighted by atomic mass is 79.9. The van der Waals surface area contributed by atoms with Gasteiger partial charge in [-0.1, -0.05) is 25.3 Å². The second-order valence-electron chi connectivity index (χ2n) is 5.55. The average molecular weight is 354 g/mol. The summed E-state index contributed by atoms with van der Waals surface area (Å²) < 4.78 is 12.0. The van der Waals surface area contributed by atoms with E-state index in [4.69, 9.17) is 9.05 Å². The van der Waals surface area contributed by atoms with Gasteiger partial charge in [0.05, 0.1) is 4.60 Å². The van der Waals surface area contributed by atoms with E-state index in [0.717, 1.165) is 9.91 Å². The average Bonchev–Trinajstić information content (AvgIpc) is 2.73. The molecule has 0 radical (unpaired) electrons. The van der Waals surface area contributed by atoms with Crippen molar-refractivity contribution in [2.45, 2.75) is 38.0 Å². The molecule has 4 rings (SSSR count). The van der Waals surface area contributed by atoms with Crippen molar-refractivity contribution in [2.75, 3.05) is 6.79 Å². The van der Waals surface area contributed by atoms with E-state index in [1.165, 1.54) is 48.6 Å². The summed E-state index contributed by atoms with van der Waals surface area (Å²) in [5.74, 6) is 0.694. The van der Waals surface area contributed by atoms with Crippen LogP contribution in [0.4, 0.5) is 0 Å². The van der Waals surface area contributed by atoms with E-state index in [-0.39, 0.29) is 0 Å². The van der Waals surface area contributed by atoms with Crippen LogP contribution >= 0.6 is 24.3 Å². The van der Waals surface area contributed by atoms with E-state index < -0.39 is 8.38 Å². The van der Waals surface area contributed by atoms with Crippen LogP contribution in [0.2, 0.25) is 0 Å². The van der Waals surface area contributed by atoms with Gasteiger partial charge < -0.3 is 14.0 Å². The number of aromatic nitrogens is 1. The van der Waals surface area contributed by atoms with Gasteiger partial charge >= 0.3 is 0 Å². The van der Waals surface area contributed by atoms with E-state index in [9.17, 15) is 0 Å². The summed E-state index contributed by atoms with van der Waals surface area (Å²) in [6.45, 7) is 0.436. The highest BCUT2D eigenvalue weighted by Gasteiger charge is 2.25. The molecule has 0 atom stereocenters. The maximum Gasteiger partial charge on any atom is 0.209 e. The molecule has 0 amide bonds. The zero-order valence-electron chi connectivity index (χ0n) is 11.2. The smallest absolute Gasteiger partial charge is 0.209 e. The van der Waals surface area contributed by atoms with Crippen molar-refractivity contribution in [3.05, 3.63) is 28.4 Å². The molecule has 20 heavy (non-hydrogen) atoms. The standard InChI is InChI=1S/C15H17BrNO2P/c16-15-14(10-4-2-1-3-5-10)12-7-6-11(8-13(12)17-15)20-18-9-19-20/h6-8,10,17H,1-5,9H2. The molecule has 3 nitrogen and oxygen atoms in total. The maximum atomic E-state index is 5.44. The van der Waals surface area contributed by atoms with Crippen molar-refractivity contribution in [3.8, 4) is 0 Å². The van der Waals surface area contributed by atoms with Crippen molar-refractivity contribution in [2.24, 2.45) is 0 Å². The molecule has 1 saturated carbocycles. The van der Waals surface area contributed by atoms with E-state index in [0.29, 0.717) is 12.7 Å². The molecule has 1 aromatic heterocycles. The number of fused-ring (bicyclic) bond motifs is 1. The van der Waals surface area contributed by atoms with Crippen LogP contribution in [0.1, 0.15) is 43.6 Å². The fraction of sp³-hybridized carbons (Fsp3) is 0.467. The van der Waals surface area contributed by atoms with Crippen LogP contribution in [0.25, 0.3) is 10.9 Å². The van der Waals surface area contributed by atoms with Crippen LogP contribution in [0.3, 0.4) is 0 Å². The Morgan fingerprint density at radius 2 is 1.95 bits per heavy atom. The van der Waals surface area contributed by atoms with Crippen LogP contribution in [0.5, 0.6) is 0 Å². The first-order valence-electron chi connectivity index (χ1n) is 7.20. The predicted molar refractivity (Wildman–Crippen MR) is 85.4 cm³/mol. The van der Waals surface area contributed by atoms with E-state index in [1.807, 2.05) is 0 Å². The van der Waals surface area contributed by atoms with Crippen molar-refractivity contribution < 1.29 is 9.05 Å². The molecule has 1 saturated heterocycles. The van der Waals surface area contributed by atoms with E-state index in [1.54, 1.807) is 0 Å². The fourth-order valence-corrected chi connectivity index (χ4v) is 5.02. The minimum absolute atomic E-state index is 0.436. The zero-order chi connectivity index (χ0) is 13.5. The Morgan fingerprint density at radius 1 is 1.15 bits per heavy atom. The fourth-order valence-electron chi connectivity index (χ4n) is 3.33. The third kappa shape index (κ3) is 2.23. The largest absolute Gasteiger partial charge is 0.349 e. The molecule has 0 unspecified atom stereocenters. The lowest BCUT2D eigenvalue weighted by molar-refractivity contribution is 0.0446. The second kappa shape index (κ2) is 5.42. The monoisotopic (exact) mass is 353 g/mol. The number of aromatic amines is 1. The molecule has 1 aliphatic carbocycles. The first kappa shape index (κ1) is 13.3. The third-order valence-electron chi connectivity index (χ3n) is 4.34. The lowest BCUT2D eigenvalue weighted by atomic mass is 9.84. The third-order valence-corrected chi connectivity index (χ3v) is 6.34. The van der Waals surface area contributed by atoms with Gasteiger partial charge in [-0.2, -0.15) is 0 Å². The Kier molecular flexibility index (Phi) is 3.59. The number of benzene rings is 1. The zero-order valence-corrected chi connectivity index (χ0v) is 13.7. The minimum Gasteiger partial charge on any atom is -0.349 e. The molecule has 2 aromatic rings. The van der Waals surface area contributed by atoms with E-state index in [2.05, 4.69) is 39.1 Å². The molecule has 106 valence electrons. The summed E-state index contributed by atoms with van der Waals surface area (Å²) in [5, 5.41) is 2.51. The molecule has 2 aliphatic rings. The van der Waals surface area contributed by atoms with Gasteiger partial charge in [0, 0.05) is 16.2 Å². The summed E-state index contributed by atoms with van der Waals surface area (Å²) in [4.78, 5) is 3.48. The quantitative estimate of drug-likeness (QED) is 0.777. The van der Waals surface area contributed by atoms with Gasteiger partial charge in [-0.05, 0) is 52.4 Å². The molecule has 0 bridgehead atoms. The van der Waals surface area contributed by atoms with Gasteiger partial charge in [0.15, 0.2) is 6.79 Å². The van der Waals surface area contributed by atoms with Crippen molar-refractivity contribution >= 4 is 40.5 Å². The SMILES string of the molecule is Brc1[nH]c2cc(P3OCO3)ccc2c1C1CCCCC1. The summed E-state index contributed by atoms with van der Waals surface area (Å²) in [6, 6.07) is 6.56. The summed E-state index contributed by atoms with van der Waals surface area (Å²) in [6.07, 6.45) is 6.72. The van der Waals surface area contributed by atoms with Gasteiger partial charge in [-0.3, -0.25) is 0 Å². The van der Waals surface area contributed by atoms with Crippen LogP contribution in [0, 0.1) is 0 Å². The Labute approximate surface area is 128 Å². The van der Waals surface area contributed by atoms with Crippen molar-refractivity contribution in [1.29, 1.82) is 0 Å². The Morgan fingerprint density at radius 3 is 2.65 bits per heavy atom. The first-order chi connectivity index (χ1) is 9.83. The number of nitrogens with one attached hydrogen (secondary N) is 1. The van der Waals surface area contributed by atoms with Gasteiger partial charge in [0.1, 0.15) is 0 Å². The Balaban J connectivity index is 1.74. The molecule has 0 spiro atoms. The van der Waals surface area contributed by atoms with Crippen molar-refractivity contribution in [3.63, 3.8) is 0 Å². The number of rotatable bonds is 2. The van der Waals surface area contributed by atoms with Gasteiger partial charge in [-0.15, -0.1) is 0 Å². The number of halogens is 1.